The number of hydrogen-bond acceptors (Lipinski definition) is 3. The van der Waals surface area contributed by atoms with Crippen molar-refractivity contribution >= 4 is 27.5 Å². The predicted molar refractivity (Wildman–Crippen MR) is 65.8 cm³/mol. The number of carbonyl (C=O) groups is 1. The van der Waals surface area contributed by atoms with E-state index < -0.39 is 12.1 Å². The second-order valence-corrected chi connectivity index (χ2v) is 5.04. The van der Waals surface area contributed by atoms with E-state index in [1.807, 2.05) is 0 Å². The number of anilines is 1. The molecule has 1 saturated heterocycles. The van der Waals surface area contributed by atoms with Crippen LogP contribution < -0.4 is 15.4 Å². The first-order valence-corrected chi connectivity index (χ1v) is 6.17. The highest BCUT2D eigenvalue weighted by atomic mass is 79.9. The van der Waals surface area contributed by atoms with Crippen molar-refractivity contribution in [3.05, 3.63) is 22.7 Å². The van der Waals surface area contributed by atoms with Crippen LogP contribution in [-0.4, -0.2) is 24.9 Å². The molecule has 104 valence electrons. The molecule has 19 heavy (non-hydrogen) atoms. The summed E-state index contributed by atoms with van der Waals surface area (Å²) in [6, 6.07) is 3.58. The van der Waals surface area contributed by atoms with E-state index in [4.69, 9.17) is 5.73 Å². The Morgan fingerprint density at radius 3 is 2.63 bits per heavy atom. The molecule has 2 N–H and O–H groups in total. The van der Waals surface area contributed by atoms with E-state index in [2.05, 4.69) is 20.7 Å². The third-order valence-electron chi connectivity index (χ3n) is 2.59. The molecular formula is C11H10BrF3N2O2. The molecule has 1 amide bonds. The zero-order valence-corrected chi connectivity index (χ0v) is 11.2. The van der Waals surface area contributed by atoms with Gasteiger partial charge in [0.1, 0.15) is 0 Å². The lowest BCUT2D eigenvalue weighted by Crippen LogP contribution is -2.29. The number of carbonyl (C=O) groups excluding carboxylic acids is 1. The van der Waals surface area contributed by atoms with Crippen LogP contribution in [0.15, 0.2) is 22.7 Å². The Hall–Kier alpha value is -1.28. The summed E-state index contributed by atoms with van der Waals surface area (Å²) in [4.78, 5) is 12.9. The summed E-state index contributed by atoms with van der Waals surface area (Å²) >= 11 is 3.15. The Kier molecular flexibility index (Phi) is 3.73. The van der Waals surface area contributed by atoms with Gasteiger partial charge in [-0.25, -0.2) is 0 Å². The minimum atomic E-state index is -4.81. The molecule has 1 unspecified atom stereocenters. The first kappa shape index (κ1) is 14.1. The maximum atomic E-state index is 12.3. The highest BCUT2D eigenvalue weighted by molar-refractivity contribution is 9.10. The molecule has 0 aromatic heterocycles. The van der Waals surface area contributed by atoms with Gasteiger partial charge in [0.25, 0.3) is 0 Å². The normalized spacial score (nSPS) is 19.9. The monoisotopic (exact) mass is 338 g/mol. The molecule has 1 aliphatic heterocycles. The molecule has 1 aromatic rings. The number of hydrogen-bond donors (Lipinski definition) is 1. The van der Waals surface area contributed by atoms with Crippen molar-refractivity contribution in [1.82, 2.24) is 0 Å². The third kappa shape index (κ3) is 3.38. The molecule has 0 bridgehead atoms. The van der Waals surface area contributed by atoms with Gasteiger partial charge in [0.05, 0.1) is 5.69 Å². The number of benzene rings is 1. The molecule has 0 aliphatic carbocycles. The van der Waals surface area contributed by atoms with Crippen LogP contribution >= 0.6 is 15.9 Å². The SMILES string of the molecule is NC1CC(=O)N(c2cc(Br)ccc2OC(F)(F)F)C1. The number of alkyl halides is 3. The molecule has 1 atom stereocenters. The number of amides is 1. The zero-order chi connectivity index (χ0) is 14.2. The second kappa shape index (κ2) is 5.01. The van der Waals surface area contributed by atoms with Crippen LogP contribution in [0.3, 0.4) is 0 Å². The fraction of sp³-hybridized carbons (Fsp3) is 0.364. The number of ether oxygens (including phenoxy) is 1. The molecule has 4 nitrogen and oxygen atoms in total. The van der Waals surface area contributed by atoms with Gasteiger partial charge in [0, 0.05) is 23.5 Å². The Morgan fingerprint density at radius 2 is 2.11 bits per heavy atom. The van der Waals surface area contributed by atoms with Crippen molar-refractivity contribution in [2.45, 2.75) is 18.8 Å². The number of halogens is 4. The van der Waals surface area contributed by atoms with Crippen molar-refractivity contribution < 1.29 is 22.7 Å². The third-order valence-corrected chi connectivity index (χ3v) is 3.09. The second-order valence-electron chi connectivity index (χ2n) is 4.13. The van der Waals surface area contributed by atoms with E-state index in [0.29, 0.717) is 4.47 Å². The smallest absolute Gasteiger partial charge is 0.404 e. The molecule has 1 heterocycles. The summed E-state index contributed by atoms with van der Waals surface area (Å²) in [5.74, 6) is -0.740. The van der Waals surface area contributed by atoms with E-state index in [1.165, 1.54) is 17.0 Å². The van der Waals surface area contributed by atoms with E-state index in [1.54, 1.807) is 0 Å². The maximum Gasteiger partial charge on any atom is 0.573 e. The molecule has 2 rings (SSSR count). The van der Waals surface area contributed by atoms with Gasteiger partial charge in [-0.2, -0.15) is 0 Å². The van der Waals surface area contributed by atoms with Crippen molar-refractivity contribution in [2.75, 3.05) is 11.4 Å². The van der Waals surface area contributed by atoms with E-state index >= 15 is 0 Å². The van der Waals surface area contributed by atoms with E-state index in [0.717, 1.165) is 6.07 Å². The Morgan fingerprint density at radius 1 is 1.42 bits per heavy atom. The van der Waals surface area contributed by atoms with Crippen LogP contribution in [0.25, 0.3) is 0 Å². The number of rotatable bonds is 2. The summed E-state index contributed by atoms with van der Waals surface area (Å²) in [7, 11) is 0. The van der Waals surface area contributed by atoms with Crippen LogP contribution in [0.4, 0.5) is 18.9 Å². The lowest BCUT2D eigenvalue weighted by molar-refractivity contribution is -0.274. The lowest BCUT2D eigenvalue weighted by atomic mass is 10.2. The fourth-order valence-electron chi connectivity index (χ4n) is 1.88. The van der Waals surface area contributed by atoms with Gasteiger partial charge in [0.2, 0.25) is 5.91 Å². The van der Waals surface area contributed by atoms with Crippen molar-refractivity contribution in [3.8, 4) is 5.75 Å². The first-order valence-electron chi connectivity index (χ1n) is 5.37. The lowest BCUT2D eigenvalue weighted by Gasteiger charge is -2.21. The molecule has 0 saturated carbocycles. The first-order chi connectivity index (χ1) is 8.76. The molecule has 0 spiro atoms. The topological polar surface area (TPSA) is 55.6 Å². The van der Waals surface area contributed by atoms with Crippen LogP contribution in [0.1, 0.15) is 6.42 Å². The Labute approximate surface area is 115 Å². The highest BCUT2D eigenvalue weighted by Crippen LogP contribution is 2.36. The van der Waals surface area contributed by atoms with E-state index in [9.17, 15) is 18.0 Å². The van der Waals surface area contributed by atoms with Gasteiger partial charge in [-0.1, -0.05) is 15.9 Å². The predicted octanol–water partition coefficient (Wildman–Crippen LogP) is 2.41. The zero-order valence-electron chi connectivity index (χ0n) is 9.58. The van der Waals surface area contributed by atoms with Gasteiger partial charge in [0.15, 0.2) is 5.75 Å². The van der Waals surface area contributed by atoms with Crippen molar-refractivity contribution in [1.29, 1.82) is 0 Å². The van der Waals surface area contributed by atoms with E-state index in [-0.39, 0.29) is 30.6 Å². The van der Waals surface area contributed by atoms with Gasteiger partial charge in [-0.15, -0.1) is 13.2 Å². The van der Waals surface area contributed by atoms with Crippen molar-refractivity contribution in [2.24, 2.45) is 5.73 Å². The van der Waals surface area contributed by atoms with Gasteiger partial charge in [-0.3, -0.25) is 4.79 Å². The van der Waals surface area contributed by atoms with Gasteiger partial charge >= 0.3 is 6.36 Å². The van der Waals surface area contributed by atoms with Crippen LogP contribution in [-0.2, 0) is 4.79 Å². The minimum absolute atomic E-state index is 0.0599. The Balaban J connectivity index is 2.38. The molecular weight excluding hydrogens is 329 g/mol. The maximum absolute atomic E-state index is 12.3. The quantitative estimate of drug-likeness (QED) is 0.900. The van der Waals surface area contributed by atoms with Crippen LogP contribution in [0.5, 0.6) is 5.75 Å². The van der Waals surface area contributed by atoms with Crippen LogP contribution in [0, 0.1) is 0 Å². The summed E-state index contributed by atoms with van der Waals surface area (Å²) in [6.07, 6.45) is -4.70. The standard InChI is InChI=1S/C11H10BrF3N2O2/c12-6-1-2-9(19-11(13,14)15)8(3-6)17-5-7(16)4-10(17)18/h1-3,7H,4-5,16H2. The molecule has 1 aromatic carbocycles. The molecule has 1 aliphatic rings. The molecule has 8 heteroatoms. The van der Waals surface area contributed by atoms with Gasteiger partial charge < -0.3 is 15.4 Å². The molecule has 0 radical (unpaired) electrons. The largest absolute Gasteiger partial charge is 0.573 e. The summed E-state index contributed by atoms with van der Waals surface area (Å²) in [6.45, 7) is 0.170. The Bertz CT molecular complexity index is 507. The van der Waals surface area contributed by atoms with Crippen LogP contribution in [0.2, 0.25) is 0 Å². The summed E-state index contributed by atoms with van der Waals surface area (Å²) < 4.78 is 41.4. The fourth-order valence-corrected chi connectivity index (χ4v) is 2.23. The number of nitrogens with two attached hydrogens (primary N) is 1. The molecule has 1 fully saturated rings. The summed E-state index contributed by atoms with van der Waals surface area (Å²) in [5.41, 5.74) is 5.69. The average molecular weight is 339 g/mol. The minimum Gasteiger partial charge on any atom is -0.404 e. The van der Waals surface area contributed by atoms with Crippen molar-refractivity contribution in [3.63, 3.8) is 0 Å². The highest BCUT2D eigenvalue weighted by Gasteiger charge is 2.35. The number of nitrogens with zero attached hydrogens (tertiary/aromatic N) is 1. The van der Waals surface area contributed by atoms with Gasteiger partial charge in [-0.05, 0) is 18.2 Å². The average Bonchev–Trinajstić information content (AvgIpc) is 2.58. The summed E-state index contributed by atoms with van der Waals surface area (Å²) in [5, 5.41) is 0.